The number of nitrogens with two attached hydrogens (primary N) is 1. The SMILES string of the molecule is CCCc1cccc(C(NN)C2CCCC2)c1. The molecule has 1 atom stereocenters. The molecular formula is C15H24N2. The van der Waals surface area contributed by atoms with E-state index in [0.717, 1.165) is 12.3 Å². The lowest BCUT2D eigenvalue weighted by molar-refractivity contribution is 0.373. The van der Waals surface area contributed by atoms with Crippen molar-refractivity contribution >= 4 is 0 Å². The van der Waals surface area contributed by atoms with E-state index in [0.29, 0.717) is 6.04 Å². The van der Waals surface area contributed by atoms with Gasteiger partial charge in [0.25, 0.3) is 0 Å². The summed E-state index contributed by atoms with van der Waals surface area (Å²) in [5, 5.41) is 0. The van der Waals surface area contributed by atoms with Crippen LogP contribution in [0.25, 0.3) is 0 Å². The molecule has 1 aromatic carbocycles. The smallest absolute Gasteiger partial charge is 0.0488 e. The third-order valence-corrected chi connectivity index (χ3v) is 3.90. The van der Waals surface area contributed by atoms with Crippen molar-refractivity contribution in [3.05, 3.63) is 35.4 Å². The van der Waals surface area contributed by atoms with Crippen LogP contribution in [0.3, 0.4) is 0 Å². The quantitative estimate of drug-likeness (QED) is 0.603. The molecule has 1 unspecified atom stereocenters. The molecule has 1 aliphatic rings. The number of benzene rings is 1. The van der Waals surface area contributed by atoms with E-state index in [-0.39, 0.29) is 0 Å². The monoisotopic (exact) mass is 232 g/mol. The molecule has 1 aromatic rings. The van der Waals surface area contributed by atoms with Gasteiger partial charge < -0.3 is 0 Å². The lowest BCUT2D eigenvalue weighted by Gasteiger charge is -2.23. The lowest BCUT2D eigenvalue weighted by atomic mass is 9.91. The summed E-state index contributed by atoms with van der Waals surface area (Å²) in [5.41, 5.74) is 5.83. The minimum Gasteiger partial charge on any atom is -0.271 e. The third-order valence-electron chi connectivity index (χ3n) is 3.90. The van der Waals surface area contributed by atoms with Crippen LogP contribution in [0.2, 0.25) is 0 Å². The van der Waals surface area contributed by atoms with Crippen LogP contribution >= 0.6 is 0 Å². The van der Waals surface area contributed by atoms with E-state index in [9.17, 15) is 0 Å². The van der Waals surface area contributed by atoms with E-state index in [4.69, 9.17) is 5.84 Å². The molecule has 0 aliphatic heterocycles. The summed E-state index contributed by atoms with van der Waals surface area (Å²) in [4.78, 5) is 0. The zero-order valence-corrected chi connectivity index (χ0v) is 10.8. The highest BCUT2D eigenvalue weighted by Crippen LogP contribution is 2.35. The minimum atomic E-state index is 0.342. The fourth-order valence-electron chi connectivity index (χ4n) is 3.03. The van der Waals surface area contributed by atoms with Crippen molar-refractivity contribution in [2.45, 2.75) is 51.5 Å². The molecule has 94 valence electrons. The second-order valence-corrected chi connectivity index (χ2v) is 5.18. The summed E-state index contributed by atoms with van der Waals surface area (Å²) in [6.07, 6.45) is 7.71. The largest absolute Gasteiger partial charge is 0.271 e. The van der Waals surface area contributed by atoms with Crippen molar-refractivity contribution in [3.63, 3.8) is 0 Å². The van der Waals surface area contributed by atoms with Gasteiger partial charge in [-0.15, -0.1) is 0 Å². The lowest BCUT2D eigenvalue weighted by Crippen LogP contribution is -2.32. The zero-order valence-electron chi connectivity index (χ0n) is 10.8. The fraction of sp³-hybridized carbons (Fsp3) is 0.600. The molecule has 0 radical (unpaired) electrons. The molecule has 1 fully saturated rings. The van der Waals surface area contributed by atoms with Gasteiger partial charge in [0.2, 0.25) is 0 Å². The highest BCUT2D eigenvalue weighted by atomic mass is 15.2. The Morgan fingerprint density at radius 3 is 2.76 bits per heavy atom. The van der Waals surface area contributed by atoms with Crippen molar-refractivity contribution in [1.29, 1.82) is 0 Å². The predicted molar refractivity (Wildman–Crippen MR) is 72.5 cm³/mol. The summed E-state index contributed by atoms with van der Waals surface area (Å²) < 4.78 is 0. The molecule has 0 amide bonds. The Labute approximate surface area is 105 Å². The van der Waals surface area contributed by atoms with E-state index >= 15 is 0 Å². The molecule has 17 heavy (non-hydrogen) atoms. The van der Waals surface area contributed by atoms with Crippen LogP contribution in [0.1, 0.15) is 56.2 Å². The summed E-state index contributed by atoms with van der Waals surface area (Å²) in [6, 6.07) is 9.26. The van der Waals surface area contributed by atoms with Crippen LogP contribution in [-0.4, -0.2) is 0 Å². The molecule has 0 spiro atoms. The standard InChI is InChI=1S/C15H24N2/c1-2-6-12-7-5-10-14(11-12)15(17-16)13-8-3-4-9-13/h5,7,10-11,13,15,17H,2-4,6,8-9,16H2,1H3. The topological polar surface area (TPSA) is 38.0 Å². The maximum atomic E-state index is 5.76. The van der Waals surface area contributed by atoms with E-state index in [2.05, 4.69) is 36.6 Å². The van der Waals surface area contributed by atoms with Gasteiger partial charge in [-0.1, -0.05) is 50.5 Å². The van der Waals surface area contributed by atoms with Crippen LogP contribution in [-0.2, 0) is 6.42 Å². The van der Waals surface area contributed by atoms with Gasteiger partial charge in [0, 0.05) is 6.04 Å². The molecule has 3 N–H and O–H groups in total. The second-order valence-electron chi connectivity index (χ2n) is 5.18. The molecule has 1 aliphatic carbocycles. The molecule has 2 nitrogen and oxygen atoms in total. The van der Waals surface area contributed by atoms with Crippen molar-refractivity contribution in [1.82, 2.24) is 5.43 Å². The minimum absolute atomic E-state index is 0.342. The number of rotatable bonds is 5. The Balaban J connectivity index is 2.14. The first-order valence-corrected chi connectivity index (χ1v) is 6.90. The predicted octanol–water partition coefficient (Wildman–Crippen LogP) is 3.33. The van der Waals surface area contributed by atoms with Gasteiger partial charge in [0.1, 0.15) is 0 Å². The Bertz CT molecular complexity index is 343. The summed E-state index contributed by atoms with van der Waals surface area (Å²) in [5.74, 6) is 6.48. The highest BCUT2D eigenvalue weighted by molar-refractivity contribution is 5.26. The Morgan fingerprint density at radius 1 is 1.35 bits per heavy atom. The van der Waals surface area contributed by atoms with Crippen LogP contribution in [0.4, 0.5) is 0 Å². The number of nitrogens with one attached hydrogen (secondary N) is 1. The number of hydrazine groups is 1. The van der Waals surface area contributed by atoms with Gasteiger partial charge in [-0.25, -0.2) is 0 Å². The van der Waals surface area contributed by atoms with E-state index in [1.54, 1.807) is 0 Å². The van der Waals surface area contributed by atoms with Crippen LogP contribution in [0.15, 0.2) is 24.3 Å². The summed E-state index contributed by atoms with van der Waals surface area (Å²) >= 11 is 0. The highest BCUT2D eigenvalue weighted by Gasteiger charge is 2.25. The molecule has 0 aromatic heterocycles. The maximum absolute atomic E-state index is 5.76. The molecule has 2 rings (SSSR count). The Kier molecular flexibility index (Phi) is 4.57. The van der Waals surface area contributed by atoms with Gasteiger partial charge in [-0.2, -0.15) is 0 Å². The zero-order chi connectivity index (χ0) is 12.1. The average Bonchev–Trinajstić information content (AvgIpc) is 2.85. The van der Waals surface area contributed by atoms with Crippen molar-refractivity contribution in [3.8, 4) is 0 Å². The van der Waals surface area contributed by atoms with E-state index in [1.807, 2.05) is 0 Å². The van der Waals surface area contributed by atoms with E-state index in [1.165, 1.54) is 43.2 Å². The van der Waals surface area contributed by atoms with Gasteiger partial charge in [-0.05, 0) is 36.3 Å². The molecule has 0 bridgehead atoms. The van der Waals surface area contributed by atoms with Crippen molar-refractivity contribution < 1.29 is 0 Å². The van der Waals surface area contributed by atoms with Crippen LogP contribution in [0, 0.1) is 5.92 Å². The van der Waals surface area contributed by atoms with E-state index < -0.39 is 0 Å². The first-order valence-electron chi connectivity index (χ1n) is 6.90. The number of hydrogen-bond donors (Lipinski definition) is 2. The first-order chi connectivity index (χ1) is 8.35. The molecule has 2 heteroatoms. The molecule has 0 saturated heterocycles. The van der Waals surface area contributed by atoms with Crippen LogP contribution < -0.4 is 11.3 Å². The average molecular weight is 232 g/mol. The summed E-state index contributed by atoms with van der Waals surface area (Å²) in [6.45, 7) is 2.22. The molecule has 0 heterocycles. The number of hydrogen-bond acceptors (Lipinski definition) is 2. The first kappa shape index (κ1) is 12.6. The molecular weight excluding hydrogens is 208 g/mol. The normalized spacial score (nSPS) is 18.5. The van der Waals surface area contributed by atoms with Gasteiger partial charge >= 0.3 is 0 Å². The second kappa shape index (κ2) is 6.18. The van der Waals surface area contributed by atoms with Gasteiger partial charge in [-0.3, -0.25) is 11.3 Å². The van der Waals surface area contributed by atoms with Gasteiger partial charge in [0.15, 0.2) is 0 Å². The van der Waals surface area contributed by atoms with Crippen LogP contribution in [0.5, 0.6) is 0 Å². The fourth-order valence-corrected chi connectivity index (χ4v) is 3.03. The Hall–Kier alpha value is -0.860. The summed E-state index contributed by atoms with van der Waals surface area (Å²) in [7, 11) is 0. The van der Waals surface area contributed by atoms with Crippen molar-refractivity contribution in [2.75, 3.05) is 0 Å². The number of aryl methyl sites for hydroxylation is 1. The molecule has 1 saturated carbocycles. The van der Waals surface area contributed by atoms with Gasteiger partial charge in [0.05, 0.1) is 0 Å². The maximum Gasteiger partial charge on any atom is 0.0488 e. The Morgan fingerprint density at radius 2 is 2.12 bits per heavy atom. The van der Waals surface area contributed by atoms with Crippen molar-refractivity contribution in [2.24, 2.45) is 11.8 Å². The third kappa shape index (κ3) is 3.08.